The van der Waals surface area contributed by atoms with Crippen LogP contribution in [-0.2, 0) is 23.0 Å². The fourth-order valence-corrected chi connectivity index (χ4v) is 5.70. The molecular weight excluding hydrogens is 392 g/mol. The largest absolute Gasteiger partial charge is 0.333 e. The Morgan fingerprint density at radius 1 is 1.14 bits per heavy atom. The maximum atomic E-state index is 13.0. The molecule has 0 radical (unpaired) electrons. The normalized spacial score (nSPS) is 14.1. The van der Waals surface area contributed by atoms with Gasteiger partial charge in [-0.3, -0.25) is 9.10 Å². The molecule has 0 saturated carbocycles. The minimum absolute atomic E-state index is 0.0349. The average Bonchev–Trinajstić information content (AvgIpc) is 3.10. The second kappa shape index (κ2) is 7.22. The second-order valence-corrected chi connectivity index (χ2v) is 10.00. The lowest BCUT2D eigenvalue weighted by Gasteiger charge is -2.28. The summed E-state index contributed by atoms with van der Waals surface area (Å²) in [5.41, 5.74) is 3.14. The lowest BCUT2D eigenvalue weighted by Crippen LogP contribution is -2.35. The number of rotatable bonds is 4. The minimum atomic E-state index is -3.33. The van der Waals surface area contributed by atoms with Gasteiger partial charge in [0.25, 0.3) is 5.91 Å². The van der Waals surface area contributed by atoms with E-state index in [1.807, 2.05) is 42.2 Å². The van der Waals surface area contributed by atoms with Crippen molar-refractivity contribution in [2.75, 3.05) is 23.7 Å². The molecule has 1 aromatic heterocycles. The Morgan fingerprint density at radius 3 is 2.61 bits per heavy atom. The summed E-state index contributed by atoms with van der Waals surface area (Å²) < 4.78 is 26.3. The highest BCUT2D eigenvalue weighted by molar-refractivity contribution is 7.92. The van der Waals surface area contributed by atoms with E-state index >= 15 is 0 Å². The van der Waals surface area contributed by atoms with Gasteiger partial charge in [-0.05, 0) is 54.1 Å². The predicted octanol–water partition coefficient (Wildman–Crippen LogP) is 3.89. The van der Waals surface area contributed by atoms with Crippen LogP contribution in [0.4, 0.5) is 5.69 Å². The molecular formula is C21H22N2O3S2. The molecule has 0 fully saturated rings. The van der Waals surface area contributed by atoms with Crippen molar-refractivity contribution in [2.24, 2.45) is 0 Å². The lowest BCUT2D eigenvalue weighted by atomic mass is 10.00. The van der Waals surface area contributed by atoms with Crippen molar-refractivity contribution in [1.82, 2.24) is 4.90 Å². The first kappa shape index (κ1) is 19.0. The minimum Gasteiger partial charge on any atom is -0.333 e. The SMILES string of the molecule is CCN(c1ccc2sc(C(=O)N3CCc4ccccc4C3)cc2c1)S(C)(=O)=O. The average molecular weight is 415 g/mol. The fourth-order valence-electron chi connectivity index (χ4n) is 3.72. The Hall–Kier alpha value is -2.38. The smallest absolute Gasteiger partial charge is 0.264 e. The number of hydrogen-bond donors (Lipinski definition) is 0. The third kappa shape index (κ3) is 3.52. The summed E-state index contributed by atoms with van der Waals surface area (Å²) in [6.07, 6.45) is 2.08. The van der Waals surface area contributed by atoms with E-state index in [4.69, 9.17) is 0 Å². The van der Waals surface area contributed by atoms with Gasteiger partial charge in [-0.2, -0.15) is 0 Å². The van der Waals surface area contributed by atoms with Crippen LogP contribution in [0, 0.1) is 0 Å². The number of fused-ring (bicyclic) bond motifs is 2. The van der Waals surface area contributed by atoms with Gasteiger partial charge in [0.05, 0.1) is 16.8 Å². The first-order chi connectivity index (χ1) is 13.4. The molecule has 1 aliphatic rings. The topological polar surface area (TPSA) is 57.7 Å². The molecule has 2 aromatic carbocycles. The van der Waals surface area contributed by atoms with Crippen molar-refractivity contribution in [3.8, 4) is 0 Å². The zero-order valence-corrected chi connectivity index (χ0v) is 17.5. The highest BCUT2D eigenvalue weighted by atomic mass is 32.2. The number of amides is 1. The van der Waals surface area contributed by atoms with E-state index in [2.05, 4.69) is 12.1 Å². The third-order valence-corrected chi connectivity index (χ3v) is 7.48. The quantitative estimate of drug-likeness (QED) is 0.651. The summed E-state index contributed by atoms with van der Waals surface area (Å²) in [6, 6.07) is 15.7. The van der Waals surface area contributed by atoms with Crippen LogP contribution < -0.4 is 4.31 Å². The van der Waals surface area contributed by atoms with Crippen LogP contribution in [0.2, 0.25) is 0 Å². The third-order valence-electron chi connectivity index (χ3n) is 5.10. The molecule has 1 amide bonds. The van der Waals surface area contributed by atoms with Crippen molar-refractivity contribution in [3.05, 3.63) is 64.5 Å². The number of nitrogens with zero attached hydrogens (tertiary/aromatic N) is 2. The van der Waals surface area contributed by atoms with Crippen molar-refractivity contribution in [3.63, 3.8) is 0 Å². The molecule has 0 N–H and O–H groups in total. The number of carbonyl (C=O) groups excluding carboxylic acids is 1. The molecule has 0 atom stereocenters. The first-order valence-electron chi connectivity index (χ1n) is 9.24. The highest BCUT2D eigenvalue weighted by Crippen LogP contribution is 2.32. The lowest BCUT2D eigenvalue weighted by molar-refractivity contribution is 0.0739. The monoisotopic (exact) mass is 414 g/mol. The van der Waals surface area contributed by atoms with Crippen LogP contribution in [-0.4, -0.2) is 38.6 Å². The Bertz CT molecular complexity index is 1150. The zero-order chi connectivity index (χ0) is 19.9. The maximum absolute atomic E-state index is 13.0. The molecule has 146 valence electrons. The number of hydrogen-bond acceptors (Lipinski definition) is 4. The van der Waals surface area contributed by atoms with Crippen LogP contribution in [0.15, 0.2) is 48.5 Å². The summed E-state index contributed by atoms with van der Waals surface area (Å²) in [4.78, 5) is 15.6. The number of sulfonamides is 1. The van der Waals surface area contributed by atoms with Crippen molar-refractivity contribution in [1.29, 1.82) is 0 Å². The fraction of sp³-hybridized carbons (Fsp3) is 0.286. The van der Waals surface area contributed by atoms with Gasteiger partial charge >= 0.3 is 0 Å². The maximum Gasteiger partial charge on any atom is 0.264 e. The summed E-state index contributed by atoms with van der Waals surface area (Å²) in [5, 5.41) is 0.894. The highest BCUT2D eigenvalue weighted by Gasteiger charge is 2.23. The van der Waals surface area contributed by atoms with Crippen LogP contribution in [0.5, 0.6) is 0 Å². The predicted molar refractivity (Wildman–Crippen MR) is 115 cm³/mol. The van der Waals surface area contributed by atoms with Gasteiger partial charge in [0.2, 0.25) is 10.0 Å². The molecule has 3 aromatic rings. The van der Waals surface area contributed by atoms with Gasteiger partial charge in [-0.25, -0.2) is 8.42 Å². The van der Waals surface area contributed by atoms with Crippen LogP contribution >= 0.6 is 11.3 Å². The van der Waals surface area contributed by atoms with Gasteiger partial charge in [0.15, 0.2) is 0 Å². The summed E-state index contributed by atoms with van der Waals surface area (Å²) in [7, 11) is -3.33. The Labute approximate surface area is 169 Å². The molecule has 0 spiro atoms. The second-order valence-electron chi connectivity index (χ2n) is 7.01. The van der Waals surface area contributed by atoms with Gasteiger partial charge < -0.3 is 4.90 Å². The Morgan fingerprint density at radius 2 is 1.89 bits per heavy atom. The van der Waals surface area contributed by atoms with E-state index in [1.165, 1.54) is 33.0 Å². The number of benzene rings is 2. The number of carbonyl (C=O) groups is 1. The number of anilines is 1. The molecule has 28 heavy (non-hydrogen) atoms. The van der Waals surface area contributed by atoms with Gasteiger partial charge in [0.1, 0.15) is 0 Å². The van der Waals surface area contributed by atoms with Gasteiger partial charge in [0, 0.05) is 24.3 Å². The molecule has 4 rings (SSSR count). The molecule has 0 aliphatic carbocycles. The van der Waals surface area contributed by atoms with E-state index in [0.717, 1.165) is 16.5 Å². The first-order valence-corrected chi connectivity index (χ1v) is 11.9. The summed E-state index contributed by atoms with van der Waals surface area (Å²) >= 11 is 1.46. The Kier molecular flexibility index (Phi) is 4.89. The molecule has 1 aliphatic heterocycles. The van der Waals surface area contributed by atoms with E-state index < -0.39 is 10.0 Å². The van der Waals surface area contributed by atoms with Crippen LogP contribution in [0.3, 0.4) is 0 Å². The van der Waals surface area contributed by atoms with Crippen LogP contribution in [0.25, 0.3) is 10.1 Å². The Balaban J connectivity index is 1.62. The molecule has 0 bridgehead atoms. The van der Waals surface area contributed by atoms with Crippen molar-refractivity contribution >= 4 is 43.0 Å². The van der Waals surface area contributed by atoms with E-state index in [9.17, 15) is 13.2 Å². The number of thiophene rings is 1. The molecule has 7 heteroatoms. The van der Waals surface area contributed by atoms with Crippen molar-refractivity contribution < 1.29 is 13.2 Å². The summed E-state index contributed by atoms with van der Waals surface area (Å²) in [5.74, 6) is 0.0349. The van der Waals surface area contributed by atoms with E-state index in [-0.39, 0.29) is 5.91 Å². The van der Waals surface area contributed by atoms with Crippen molar-refractivity contribution in [2.45, 2.75) is 19.9 Å². The molecule has 0 unspecified atom stereocenters. The molecule has 5 nitrogen and oxygen atoms in total. The zero-order valence-electron chi connectivity index (χ0n) is 15.9. The van der Waals surface area contributed by atoms with Gasteiger partial charge in [-0.1, -0.05) is 24.3 Å². The summed E-state index contributed by atoms with van der Waals surface area (Å²) in [6.45, 7) is 3.52. The molecule has 2 heterocycles. The van der Waals surface area contributed by atoms with Gasteiger partial charge in [-0.15, -0.1) is 11.3 Å². The molecule has 0 saturated heterocycles. The van der Waals surface area contributed by atoms with E-state index in [0.29, 0.717) is 30.2 Å². The van der Waals surface area contributed by atoms with Crippen LogP contribution in [0.1, 0.15) is 27.7 Å². The standard InChI is InChI=1S/C21H22N2O3S2/c1-3-23(28(2,25)26)18-8-9-19-17(12-18)13-20(27-19)21(24)22-11-10-15-6-4-5-7-16(15)14-22/h4-9,12-13H,3,10-11,14H2,1-2H3. The van der Waals surface area contributed by atoms with E-state index in [1.54, 1.807) is 6.07 Å².